The summed E-state index contributed by atoms with van der Waals surface area (Å²) < 4.78 is 1.90. The summed E-state index contributed by atoms with van der Waals surface area (Å²) in [6, 6.07) is 4.64. The van der Waals surface area contributed by atoms with E-state index in [0.717, 1.165) is 0 Å². The second kappa shape index (κ2) is 5.45. The molecule has 0 radical (unpaired) electrons. The molecule has 100 valence electrons. The average Bonchev–Trinajstić information content (AvgIpc) is 2.87. The lowest BCUT2D eigenvalue weighted by atomic mass is 10.2. The molecular weight excluding hydrogens is 316 g/mol. The molecule has 1 unspecified atom stereocenters. The third kappa shape index (κ3) is 2.79. The topological polar surface area (TPSA) is 94.1 Å². The lowest BCUT2D eigenvalue weighted by Gasteiger charge is -2.03. The predicted octanol–water partition coefficient (Wildman–Crippen LogP) is 2.38. The van der Waals surface area contributed by atoms with Crippen LogP contribution in [0.15, 0.2) is 28.9 Å². The molecule has 8 heteroatoms. The van der Waals surface area contributed by atoms with Crippen molar-refractivity contribution in [3.05, 3.63) is 44.7 Å². The monoisotopic (exact) mass is 326 g/mol. The molecule has 0 aliphatic rings. The summed E-state index contributed by atoms with van der Waals surface area (Å²) in [5.41, 5.74) is 0.604. The first-order chi connectivity index (χ1) is 9.02. The van der Waals surface area contributed by atoms with Crippen molar-refractivity contribution in [2.24, 2.45) is 0 Å². The fraction of sp³-hybridized carbons (Fsp3) is 0.273. The maximum absolute atomic E-state index is 11.0. The summed E-state index contributed by atoms with van der Waals surface area (Å²) >= 11 is 3.19. The van der Waals surface area contributed by atoms with E-state index in [1.807, 2.05) is 6.92 Å². The summed E-state index contributed by atoms with van der Waals surface area (Å²) in [5.74, 6) is 0. The van der Waals surface area contributed by atoms with Gasteiger partial charge in [-0.3, -0.25) is 10.1 Å². The fourth-order valence-electron chi connectivity index (χ4n) is 1.59. The molecular formula is C11H11BrN4O3. The number of halogens is 1. The maximum atomic E-state index is 11.0. The van der Waals surface area contributed by atoms with Crippen LogP contribution in [0, 0.1) is 10.1 Å². The third-order valence-corrected chi connectivity index (χ3v) is 3.11. The van der Waals surface area contributed by atoms with Gasteiger partial charge in [0.15, 0.2) is 0 Å². The van der Waals surface area contributed by atoms with Crippen molar-refractivity contribution in [3.8, 4) is 5.69 Å². The van der Waals surface area contributed by atoms with Crippen LogP contribution < -0.4 is 0 Å². The summed E-state index contributed by atoms with van der Waals surface area (Å²) in [4.78, 5) is 10.5. The average molecular weight is 327 g/mol. The van der Waals surface area contributed by atoms with Crippen LogP contribution >= 0.6 is 15.9 Å². The second-order valence-corrected chi connectivity index (χ2v) is 4.82. The van der Waals surface area contributed by atoms with Crippen LogP contribution in [0.25, 0.3) is 5.69 Å². The molecule has 19 heavy (non-hydrogen) atoms. The molecule has 0 aliphatic heterocycles. The molecule has 1 atom stereocenters. The van der Waals surface area contributed by atoms with Crippen molar-refractivity contribution in [1.29, 1.82) is 0 Å². The third-order valence-electron chi connectivity index (χ3n) is 2.62. The molecule has 0 fully saturated rings. The van der Waals surface area contributed by atoms with E-state index in [0.29, 0.717) is 22.3 Å². The van der Waals surface area contributed by atoms with Gasteiger partial charge >= 0.3 is 0 Å². The van der Waals surface area contributed by atoms with E-state index in [-0.39, 0.29) is 5.69 Å². The first-order valence-electron chi connectivity index (χ1n) is 5.57. The Hall–Kier alpha value is -1.80. The number of aromatic nitrogens is 3. The lowest BCUT2D eigenvalue weighted by molar-refractivity contribution is -0.384. The molecule has 0 bridgehead atoms. The maximum Gasteiger partial charge on any atom is 0.296 e. The molecule has 0 amide bonds. The van der Waals surface area contributed by atoms with Gasteiger partial charge < -0.3 is 5.11 Å². The first kappa shape index (κ1) is 13.6. The molecule has 2 aromatic rings. The van der Waals surface area contributed by atoms with Crippen LogP contribution in [0.2, 0.25) is 0 Å². The van der Waals surface area contributed by atoms with E-state index in [9.17, 15) is 15.2 Å². The van der Waals surface area contributed by atoms with Crippen molar-refractivity contribution >= 4 is 21.6 Å². The smallest absolute Gasteiger partial charge is 0.296 e. The zero-order valence-electron chi connectivity index (χ0n) is 10.0. The molecule has 7 nitrogen and oxygen atoms in total. The highest BCUT2D eigenvalue weighted by Crippen LogP contribution is 2.26. The van der Waals surface area contributed by atoms with Gasteiger partial charge in [-0.05, 0) is 18.6 Å². The number of rotatable bonds is 4. The van der Waals surface area contributed by atoms with Gasteiger partial charge in [-0.1, -0.05) is 28.1 Å². The van der Waals surface area contributed by atoms with Gasteiger partial charge in [0, 0.05) is 10.5 Å². The van der Waals surface area contributed by atoms with Crippen LogP contribution in [0.3, 0.4) is 0 Å². The van der Waals surface area contributed by atoms with Gasteiger partial charge in [0.05, 0.1) is 17.2 Å². The lowest BCUT2D eigenvalue weighted by Crippen LogP contribution is -2.01. The van der Waals surface area contributed by atoms with E-state index in [4.69, 9.17) is 0 Å². The van der Waals surface area contributed by atoms with Crippen LogP contribution in [-0.4, -0.2) is 25.0 Å². The number of hydrogen-bond acceptors (Lipinski definition) is 5. The Morgan fingerprint density at radius 2 is 2.32 bits per heavy atom. The Bertz CT molecular complexity index is 614. The molecule has 1 heterocycles. The van der Waals surface area contributed by atoms with E-state index in [2.05, 4.69) is 26.2 Å². The first-order valence-corrected chi connectivity index (χ1v) is 6.37. The largest absolute Gasteiger partial charge is 0.387 e. The summed E-state index contributed by atoms with van der Waals surface area (Å²) in [7, 11) is 0. The molecule has 1 aromatic heterocycles. The zero-order chi connectivity index (χ0) is 14.0. The number of nitrogens with zero attached hydrogens (tertiary/aromatic N) is 4. The zero-order valence-corrected chi connectivity index (χ0v) is 11.6. The predicted molar refractivity (Wildman–Crippen MR) is 71.0 cm³/mol. The van der Waals surface area contributed by atoms with Crippen molar-refractivity contribution < 1.29 is 10.0 Å². The summed E-state index contributed by atoms with van der Waals surface area (Å²) in [6.07, 6.45) is 1.27. The van der Waals surface area contributed by atoms with Crippen molar-refractivity contribution in [3.63, 3.8) is 0 Å². The summed E-state index contributed by atoms with van der Waals surface area (Å²) in [6.45, 7) is 1.81. The minimum atomic E-state index is -0.719. The second-order valence-electron chi connectivity index (χ2n) is 3.90. The number of aliphatic hydroxyl groups is 1. The number of nitro groups is 1. The van der Waals surface area contributed by atoms with Gasteiger partial charge in [0.2, 0.25) is 0 Å². The van der Waals surface area contributed by atoms with Gasteiger partial charge in [0.25, 0.3) is 5.69 Å². The molecule has 1 aromatic carbocycles. The van der Waals surface area contributed by atoms with E-state index < -0.39 is 11.0 Å². The highest BCUT2D eigenvalue weighted by molar-refractivity contribution is 9.10. The Kier molecular flexibility index (Phi) is 3.91. The molecule has 2 rings (SSSR count). The van der Waals surface area contributed by atoms with Crippen molar-refractivity contribution in [2.45, 2.75) is 19.4 Å². The van der Waals surface area contributed by atoms with Gasteiger partial charge in [-0.2, -0.15) is 0 Å². The van der Waals surface area contributed by atoms with Gasteiger partial charge in [-0.25, -0.2) is 4.68 Å². The number of nitro benzene ring substituents is 1. The van der Waals surface area contributed by atoms with E-state index in [1.165, 1.54) is 16.9 Å². The van der Waals surface area contributed by atoms with Gasteiger partial charge in [-0.15, -0.1) is 5.10 Å². The standard InChI is InChI=1S/C11H11BrN4O3/c1-2-11(17)8-6-15(14-13-8)9-4-3-7(12)5-10(9)16(18)19/h3-6,11,17H,2H2,1H3. The SMILES string of the molecule is CCC(O)c1cn(-c2ccc(Br)cc2[N+](=O)[O-])nn1. The quantitative estimate of drug-likeness (QED) is 0.687. The van der Waals surface area contributed by atoms with Crippen LogP contribution in [0.1, 0.15) is 25.1 Å². The number of aliphatic hydroxyl groups excluding tert-OH is 1. The Labute approximate surface area is 117 Å². The molecule has 0 saturated heterocycles. The Morgan fingerprint density at radius 3 is 2.95 bits per heavy atom. The Balaban J connectivity index is 2.47. The number of benzene rings is 1. The van der Waals surface area contributed by atoms with Crippen LogP contribution in [0.4, 0.5) is 5.69 Å². The molecule has 0 spiro atoms. The summed E-state index contributed by atoms with van der Waals surface area (Å²) in [5, 5.41) is 28.3. The minimum Gasteiger partial charge on any atom is -0.387 e. The van der Waals surface area contributed by atoms with E-state index >= 15 is 0 Å². The minimum absolute atomic E-state index is 0.0863. The fourth-order valence-corrected chi connectivity index (χ4v) is 1.94. The van der Waals surface area contributed by atoms with Gasteiger partial charge in [0.1, 0.15) is 11.4 Å². The van der Waals surface area contributed by atoms with Crippen LogP contribution in [-0.2, 0) is 0 Å². The van der Waals surface area contributed by atoms with Crippen molar-refractivity contribution in [1.82, 2.24) is 15.0 Å². The normalized spacial score (nSPS) is 12.4. The molecule has 1 N–H and O–H groups in total. The highest BCUT2D eigenvalue weighted by atomic mass is 79.9. The molecule has 0 aliphatic carbocycles. The molecule has 0 saturated carbocycles. The number of hydrogen-bond donors (Lipinski definition) is 1. The van der Waals surface area contributed by atoms with Crippen molar-refractivity contribution in [2.75, 3.05) is 0 Å². The highest BCUT2D eigenvalue weighted by Gasteiger charge is 2.18. The van der Waals surface area contributed by atoms with E-state index in [1.54, 1.807) is 12.1 Å². The Morgan fingerprint density at radius 1 is 1.58 bits per heavy atom. The van der Waals surface area contributed by atoms with Crippen LogP contribution in [0.5, 0.6) is 0 Å².